The Bertz CT molecular complexity index is 1070. The van der Waals surface area contributed by atoms with Gasteiger partial charge in [0, 0.05) is 29.7 Å². The fourth-order valence-corrected chi connectivity index (χ4v) is 5.23. The van der Waals surface area contributed by atoms with Crippen molar-refractivity contribution >= 4 is 29.1 Å². The second kappa shape index (κ2) is 11.2. The van der Waals surface area contributed by atoms with Gasteiger partial charge in [-0.25, -0.2) is 4.98 Å². The molecule has 2 heterocycles. The van der Waals surface area contributed by atoms with Gasteiger partial charge in [-0.1, -0.05) is 62.2 Å². The lowest BCUT2D eigenvalue weighted by Crippen LogP contribution is -2.46. The van der Waals surface area contributed by atoms with E-state index >= 15 is 0 Å². The van der Waals surface area contributed by atoms with Gasteiger partial charge in [-0.3, -0.25) is 4.79 Å². The third-order valence-electron chi connectivity index (χ3n) is 6.44. The molecule has 1 aliphatic heterocycles. The maximum atomic E-state index is 13.5. The molecule has 0 spiro atoms. The number of aliphatic hydroxyl groups excluding tert-OH is 2. The predicted octanol–water partition coefficient (Wildman–Crippen LogP) is 3.57. The molecule has 1 saturated heterocycles. The maximum absolute atomic E-state index is 13.5. The van der Waals surface area contributed by atoms with E-state index in [2.05, 4.69) is 42.5 Å². The zero-order valence-electron chi connectivity index (χ0n) is 20.1. The van der Waals surface area contributed by atoms with Crippen LogP contribution in [0.25, 0.3) is 0 Å². The topological polar surface area (TPSA) is 118 Å². The van der Waals surface area contributed by atoms with Gasteiger partial charge in [0.1, 0.15) is 10.6 Å². The number of nitrogens with one attached hydrogen (secondary N) is 2. The largest absolute Gasteiger partial charge is 0.394 e. The third-order valence-corrected chi connectivity index (χ3v) is 6.90. The third kappa shape index (κ3) is 6.14. The monoisotopic (exact) mass is 518 g/mol. The quantitative estimate of drug-likeness (QED) is 0.396. The first kappa shape index (κ1) is 27.4. The Balaban J connectivity index is 2.14. The molecule has 2 aromatic rings. The van der Waals surface area contributed by atoms with E-state index in [1.807, 2.05) is 12.1 Å². The molecule has 1 aliphatic rings. The average molecular weight is 519 g/mol. The van der Waals surface area contributed by atoms with E-state index in [1.165, 1.54) is 0 Å². The number of carbonyl (C=O) groups excluding carboxylic acids is 1. The molecule has 0 aliphatic carbocycles. The Morgan fingerprint density at radius 2 is 2.06 bits per heavy atom. The van der Waals surface area contributed by atoms with Crippen molar-refractivity contribution in [3.63, 3.8) is 0 Å². The van der Waals surface area contributed by atoms with Crippen molar-refractivity contribution in [2.24, 2.45) is 5.41 Å². The van der Waals surface area contributed by atoms with E-state index in [0.29, 0.717) is 22.2 Å². The summed E-state index contributed by atoms with van der Waals surface area (Å²) in [4.78, 5) is 17.7. The zero-order valence-corrected chi connectivity index (χ0v) is 21.6. The average Bonchev–Trinajstić information content (AvgIpc) is 3.12. The second-order valence-electron chi connectivity index (χ2n) is 10.3. The molecule has 1 aromatic carbocycles. The summed E-state index contributed by atoms with van der Waals surface area (Å²) >= 11 is 12.4. The molecule has 7 nitrogen and oxygen atoms in total. The summed E-state index contributed by atoms with van der Waals surface area (Å²) in [6.45, 7) is 6.09. The number of amides is 1. The Labute approximate surface area is 216 Å². The summed E-state index contributed by atoms with van der Waals surface area (Å²) in [5.41, 5.74) is 0.146. The number of aromatic nitrogens is 1. The number of hydrogen-bond donors (Lipinski definition) is 4. The van der Waals surface area contributed by atoms with E-state index < -0.39 is 23.5 Å². The molecule has 4 N–H and O–H groups in total. The Morgan fingerprint density at radius 1 is 1.31 bits per heavy atom. The summed E-state index contributed by atoms with van der Waals surface area (Å²) in [5, 5.41) is 36.7. The van der Waals surface area contributed by atoms with Crippen LogP contribution in [0.15, 0.2) is 42.6 Å². The van der Waals surface area contributed by atoms with E-state index in [9.17, 15) is 15.2 Å². The predicted molar refractivity (Wildman–Crippen MR) is 136 cm³/mol. The van der Waals surface area contributed by atoms with Crippen molar-refractivity contribution in [1.82, 2.24) is 15.6 Å². The Hall–Kier alpha value is -2.21. The van der Waals surface area contributed by atoms with Gasteiger partial charge in [0.15, 0.2) is 0 Å². The van der Waals surface area contributed by atoms with Crippen molar-refractivity contribution in [1.29, 1.82) is 5.26 Å². The van der Waals surface area contributed by atoms with Gasteiger partial charge in [0.25, 0.3) is 0 Å². The molecular weight excluding hydrogens is 487 g/mol. The van der Waals surface area contributed by atoms with Crippen molar-refractivity contribution in [2.75, 3.05) is 13.2 Å². The van der Waals surface area contributed by atoms with E-state index in [4.69, 9.17) is 28.3 Å². The van der Waals surface area contributed by atoms with Gasteiger partial charge in [0.05, 0.1) is 24.8 Å². The normalized spacial score (nSPS) is 25.1. The first-order chi connectivity index (χ1) is 16.5. The minimum absolute atomic E-state index is 0.144. The van der Waals surface area contributed by atoms with Crippen molar-refractivity contribution in [2.45, 2.75) is 63.1 Å². The van der Waals surface area contributed by atoms with Crippen LogP contribution in [-0.2, 0) is 10.2 Å². The number of hydrogen-bond acceptors (Lipinski definition) is 6. The van der Waals surface area contributed by atoms with Crippen LogP contribution in [0.4, 0.5) is 0 Å². The van der Waals surface area contributed by atoms with Crippen molar-refractivity contribution in [3.05, 3.63) is 63.9 Å². The van der Waals surface area contributed by atoms with Gasteiger partial charge in [-0.15, -0.1) is 0 Å². The van der Waals surface area contributed by atoms with Gasteiger partial charge >= 0.3 is 0 Å². The molecule has 3 rings (SSSR count). The first-order valence-corrected chi connectivity index (χ1v) is 12.4. The number of nitriles is 1. The van der Waals surface area contributed by atoms with Crippen LogP contribution >= 0.6 is 23.2 Å². The van der Waals surface area contributed by atoms with E-state index in [0.717, 1.165) is 5.56 Å². The Kier molecular flexibility index (Phi) is 8.79. The highest BCUT2D eigenvalue weighted by Crippen LogP contribution is 2.51. The summed E-state index contributed by atoms with van der Waals surface area (Å²) in [5.74, 6) is -0.873. The molecule has 1 aromatic heterocycles. The molecule has 1 fully saturated rings. The van der Waals surface area contributed by atoms with Gasteiger partial charge in [0.2, 0.25) is 5.91 Å². The molecule has 35 heavy (non-hydrogen) atoms. The standard InChI is InChI=1S/C26H32Cl2N4O3/c1-25(2,3)12-20-26(15-29,17-7-8-21(28)31-13-17)22(16-5-4-6-18(27)11-16)23(32-20)24(35)30-10-9-19(34)14-33/h4-8,11,13,19-20,22-23,32-34H,9-10,12,14H2,1-3H3,(H,30,35)/t19-,20-,22-,23+,26-/m0/s1. The SMILES string of the molecule is CC(C)(C)C[C@@H]1N[C@@H](C(=O)NCC[C@H](O)CO)[C@H](c2cccc(Cl)c2)[C@@]1(C#N)c1ccc(Cl)nc1. The molecule has 5 atom stereocenters. The van der Waals surface area contributed by atoms with Crippen molar-refractivity contribution < 1.29 is 15.0 Å². The minimum Gasteiger partial charge on any atom is -0.394 e. The molecule has 9 heteroatoms. The summed E-state index contributed by atoms with van der Waals surface area (Å²) < 4.78 is 0. The van der Waals surface area contributed by atoms with E-state index in [-0.39, 0.29) is 36.9 Å². The highest BCUT2D eigenvalue weighted by Gasteiger charge is 2.59. The molecule has 1 amide bonds. The van der Waals surface area contributed by atoms with Crippen LogP contribution in [0.3, 0.4) is 0 Å². The summed E-state index contributed by atoms with van der Waals surface area (Å²) in [6, 6.07) is 12.1. The number of rotatable bonds is 8. The van der Waals surface area contributed by atoms with Crippen LogP contribution in [0, 0.1) is 16.7 Å². The molecule has 0 radical (unpaired) electrons. The lowest BCUT2D eigenvalue weighted by molar-refractivity contribution is -0.123. The molecular formula is C26H32Cl2N4O3. The summed E-state index contributed by atoms with van der Waals surface area (Å²) in [7, 11) is 0. The number of nitrogens with zero attached hydrogens (tertiary/aromatic N) is 2. The van der Waals surface area contributed by atoms with Crippen LogP contribution < -0.4 is 10.6 Å². The first-order valence-electron chi connectivity index (χ1n) is 11.6. The highest BCUT2D eigenvalue weighted by molar-refractivity contribution is 6.30. The van der Waals surface area contributed by atoms with Crippen molar-refractivity contribution in [3.8, 4) is 6.07 Å². The fraction of sp³-hybridized carbons (Fsp3) is 0.500. The number of carbonyl (C=O) groups is 1. The van der Waals surface area contributed by atoms with Crippen LogP contribution in [0.5, 0.6) is 0 Å². The Morgan fingerprint density at radius 3 is 2.63 bits per heavy atom. The zero-order chi connectivity index (χ0) is 25.8. The van der Waals surface area contributed by atoms with E-state index in [1.54, 1.807) is 30.5 Å². The van der Waals surface area contributed by atoms with Crippen LogP contribution in [0.1, 0.15) is 50.7 Å². The lowest BCUT2D eigenvalue weighted by Gasteiger charge is -2.37. The lowest BCUT2D eigenvalue weighted by atomic mass is 9.63. The number of pyridine rings is 1. The molecule has 0 unspecified atom stereocenters. The van der Waals surface area contributed by atoms with Gasteiger partial charge in [-0.05, 0) is 47.6 Å². The van der Waals surface area contributed by atoms with Gasteiger partial charge < -0.3 is 20.8 Å². The summed E-state index contributed by atoms with van der Waals surface area (Å²) in [6.07, 6.45) is 1.53. The highest BCUT2D eigenvalue weighted by atomic mass is 35.5. The molecule has 0 bridgehead atoms. The smallest absolute Gasteiger partial charge is 0.237 e. The fourth-order valence-electron chi connectivity index (χ4n) is 4.92. The number of halogens is 2. The van der Waals surface area contributed by atoms with Crippen LogP contribution in [0.2, 0.25) is 10.2 Å². The molecule has 188 valence electrons. The number of benzene rings is 1. The molecule has 0 saturated carbocycles. The van der Waals surface area contributed by atoms with Gasteiger partial charge in [-0.2, -0.15) is 5.26 Å². The second-order valence-corrected chi connectivity index (χ2v) is 11.1. The maximum Gasteiger partial charge on any atom is 0.237 e. The number of aliphatic hydroxyl groups is 2. The minimum atomic E-state index is -1.14. The van der Waals surface area contributed by atoms with Crippen LogP contribution in [-0.4, -0.2) is 52.4 Å².